The second kappa shape index (κ2) is 4.38. The van der Waals surface area contributed by atoms with Gasteiger partial charge in [-0.1, -0.05) is 6.07 Å². The average Bonchev–Trinajstić information content (AvgIpc) is 2.29. The molecule has 0 saturated carbocycles. The Morgan fingerprint density at radius 3 is 2.62 bits per heavy atom. The van der Waals surface area contributed by atoms with Crippen LogP contribution >= 0.6 is 0 Å². The highest BCUT2D eigenvalue weighted by molar-refractivity contribution is 5.56. The van der Waals surface area contributed by atoms with Gasteiger partial charge in [-0.15, -0.1) is 0 Å². The van der Waals surface area contributed by atoms with Crippen molar-refractivity contribution in [3.05, 3.63) is 34.4 Å². The Kier molecular flexibility index (Phi) is 2.94. The van der Waals surface area contributed by atoms with E-state index in [9.17, 15) is 10.1 Å². The standard InChI is InChI=1S/C11H15N3O2/c12-9-2-1-3-11(8-9)13-6-4-10(5-7-13)14(15)16/h1-3,8,10H,4-7,12H2. The third kappa shape index (κ3) is 2.24. The Hall–Kier alpha value is -1.78. The van der Waals surface area contributed by atoms with Gasteiger partial charge in [-0.05, 0) is 18.2 Å². The van der Waals surface area contributed by atoms with Gasteiger partial charge in [0.2, 0.25) is 6.04 Å². The van der Waals surface area contributed by atoms with Gasteiger partial charge in [-0.3, -0.25) is 10.1 Å². The topological polar surface area (TPSA) is 72.4 Å². The summed E-state index contributed by atoms with van der Waals surface area (Å²) in [7, 11) is 0. The Balaban J connectivity index is 2.01. The van der Waals surface area contributed by atoms with E-state index in [1.165, 1.54) is 0 Å². The molecule has 0 unspecified atom stereocenters. The number of anilines is 2. The van der Waals surface area contributed by atoms with Crippen LogP contribution in [0, 0.1) is 10.1 Å². The molecule has 0 aliphatic carbocycles. The van der Waals surface area contributed by atoms with Crippen LogP contribution in [0.1, 0.15) is 12.8 Å². The van der Waals surface area contributed by atoms with E-state index < -0.39 is 0 Å². The van der Waals surface area contributed by atoms with Crippen molar-refractivity contribution in [1.29, 1.82) is 0 Å². The smallest absolute Gasteiger partial charge is 0.216 e. The fourth-order valence-corrected chi connectivity index (χ4v) is 2.06. The van der Waals surface area contributed by atoms with Crippen molar-refractivity contribution in [2.75, 3.05) is 23.7 Å². The van der Waals surface area contributed by atoms with Crippen LogP contribution in [0.5, 0.6) is 0 Å². The lowest BCUT2D eigenvalue weighted by Crippen LogP contribution is -2.39. The van der Waals surface area contributed by atoms with Gasteiger partial charge in [0.15, 0.2) is 0 Å². The number of hydrogen-bond acceptors (Lipinski definition) is 4. The van der Waals surface area contributed by atoms with Gasteiger partial charge < -0.3 is 10.6 Å². The van der Waals surface area contributed by atoms with Crippen LogP contribution in [0.15, 0.2) is 24.3 Å². The molecule has 0 radical (unpaired) electrons. The fourth-order valence-electron chi connectivity index (χ4n) is 2.06. The number of nitrogen functional groups attached to an aromatic ring is 1. The second-order valence-electron chi connectivity index (χ2n) is 4.10. The number of hydrogen-bond donors (Lipinski definition) is 1. The summed E-state index contributed by atoms with van der Waals surface area (Å²) < 4.78 is 0. The van der Waals surface area contributed by atoms with E-state index in [1.807, 2.05) is 24.3 Å². The third-order valence-electron chi connectivity index (χ3n) is 3.00. The number of benzene rings is 1. The molecular weight excluding hydrogens is 206 g/mol. The molecule has 0 aromatic heterocycles. The molecule has 1 aliphatic rings. The van der Waals surface area contributed by atoms with Gasteiger partial charge in [-0.2, -0.15) is 0 Å². The predicted octanol–water partition coefficient (Wildman–Crippen LogP) is 1.51. The van der Waals surface area contributed by atoms with Crippen molar-refractivity contribution >= 4 is 11.4 Å². The first kappa shape index (κ1) is 10.7. The highest BCUT2D eigenvalue weighted by Crippen LogP contribution is 2.22. The molecule has 2 N–H and O–H groups in total. The molecule has 86 valence electrons. The lowest BCUT2D eigenvalue weighted by Gasteiger charge is -2.30. The Bertz CT molecular complexity index is 387. The number of nitrogens with zero attached hydrogens (tertiary/aromatic N) is 2. The lowest BCUT2D eigenvalue weighted by molar-refractivity contribution is -0.524. The summed E-state index contributed by atoms with van der Waals surface area (Å²) in [6, 6.07) is 7.27. The molecule has 1 aromatic rings. The molecule has 5 heteroatoms. The van der Waals surface area contributed by atoms with Gasteiger partial charge in [0.05, 0.1) is 0 Å². The summed E-state index contributed by atoms with van der Waals surface area (Å²) in [5.41, 5.74) is 7.49. The summed E-state index contributed by atoms with van der Waals surface area (Å²) in [6.07, 6.45) is 1.23. The van der Waals surface area contributed by atoms with Crippen LogP contribution in [0.2, 0.25) is 0 Å². The van der Waals surface area contributed by atoms with Gasteiger partial charge in [0.25, 0.3) is 0 Å². The maximum absolute atomic E-state index is 10.6. The molecule has 0 bridgehead atoms. The van der Waals surface area contributed by atoms with E-state index in [0.29, 0.717) is 12.8 Å². The summed E-state index contributed by atoms with van der Waals surface area (Å²) >= 11 is 0. The van der Waals surface area contributed by atoms with E-state index in [2.05, 4.69) is 4.90 Å². The van der Waals surface area contributed by atoms with Gasteiger partial charge >= 0.3 is 0 Å². The zero-order valence-electron chi connectivity index (χ0n) is 9.00. The van der Waals surface area contributed by atoms with Crippen LogP contribution in [-0.4, -0.2) is 24.1 Å². The maximum Gasteiger partial charge on any atom is 0.216 e. The molecule has 0 atom stereocenters. The summed E-state index contributed by atoms with van der Waals surface area (Å²) in [6.45, 7) is 1.46. The molecular formula is C11H15N3O2. The zero-order chi connectivity index (χ0) is 11.5. The fraction of sp³-hybridized carbons (Fsp3) is 0.455. The van der Waals surface area contributed by atoms with E-state index in [-0.39, 0.29) is 11.0 Å². The first-order valence-corrected chi connectivity index (χ1v) is 5.41. The van der Waals surface area contributed by atoms with Crippen molar-refractivity contribution in [3.63, 3.8) is 0 Å². The van der Waals surface area contributed by atoms with Crippen molar-refractivity contribution < 1.29 is 4.92 Å². The third-order valence-corrected chi connectivity index (χ3v) is 3.00. The van der Waals surface area contributed by atoms with Crippen LogP contribution in [0.3, 0.4) is 0 Å². The van der Waals surface area contributed by atoms with E-state index in [4.69, 9.17) is 5.73 Å². The van der Waals surface area contributed by atoms with Crippen molar-refractivity contribution in [1.82, 2.24) is 0 Å². The minimum Gasteiger partial charge on any atom is -0.399 e. The lowest BCUT2D eigenvalue weighted by atomic mass is 10.1. The number of nitrogens with two attached hydrogens (primary N) is 1. The molecule has 1 fully saturated rings. The molecule has 1 saturated heterocycles. The second-order valence-corrected chi connectivity index (χ2v) is 4.10. The minimum atomic E-state index is -0.377. The summed E-state index contributed by atoms with van der Waals surface area (Å²) in [4.78, 5) is 12.6. The monoisotopic (exact) mass is 221 g/mol. The average molecular weight is 221 g/mol. The van der Waals surface area contributed by atoms with Gasteiger partial charge in [0.1, 0.15) is 0 Å². The SMILES string of the molecule is Nc1cccc(N2CCC([N+](=O)[O-])CC2)c1. The highest BCUT2D eigenvalue weighted by atomic mass is 16.6. The first-order chi connectivity index (χ1) is 7.66. The van der Waals surface area contributed by atoms with E-state index in [0.717, 1.165) is 24.5 Å². The summed E-state index contributed by atoms with van der Waals surface area (Å²) in [5.74, 6) is 0. The number of nitro groups is 1. The van der Waals surface area contributed by atoms with Crippen molar-refractivity contribution in [2.24, 2.45) is 0 Å². The first-order valence-electron chi connectivity index (χ1n) is 5.41. The van der Waals surface area contributed by atoms with E-state index >= 15 is 0 Å². The van der Waals surface area contributed by atoms with Crippen LogP contribution in [0.4, 0.5) is 11.4 Å². The Morgan fingerprint density at radius 1 is 1.38 bits per heavy atom. The number of piperidine rings is 1. The Labute approximate surface area is 94.0 Å². The molecule has 1 aliphatic heterocycles. The molecule has 1 heterocycles. The molecule has 5 nitrogen and oxygen atoms in total. The van der Waals surface area contributed by atoms with Crippen LogP contribution in [-0.2, 0) is 0 Å². The van der Waals surface area contributed by atoms with Crippen molar-refractivity contribution in [2.45, 2.75) is 18.9 Å². The van der Waals surface area contributed by atoms with Crippen LogP contribution in [0.25, 0.3) is 0 Å². The molecule has 0 amide bonds. The van der Waals surface area contributed by atoms with Crippen LogP contribution < -0.4 is 10.6 Å². The van der Waals surface area contributed by atoms with Gasteiger partial charge in [-0.25, -0.2) is 0 Å². The Morgan fingerprint density at radius 2 is 2.06 bits per heavy atom. The quantitative estimate of drug-likeness (QED) is 0.467. The predicted molar refractivity (Wildman–Crippen MR) is 63.1 cm³/mol. The summed E-state index contributed by atoms with van der Waals surface area (Å²) in [5, 5.41) is 10.6. The normalized spacial score (nSPS) is 17.4. The maximum atomic E-state index is 10.6. The molecule has 0 spiro atoms. The molecule has 1 aromatic carbocycles. The molecule has 16 heavy (non-hydrogen) atoms. The minimum absolute atomic E-state index is 0.170. The van der Waals surface area contributed by atoms with E-state index in [1.54, 1.807) is 0 Å². The largest absolute Gasteiger partial charge is 0.399 e. The zero-order valence-corrected chi connectivity index (χ0v) is 9.00. The highest BCUT2D eigenvalue weighted by Gasteiger charge is 2.26. The van der Waals surface area contributed by atoms with Gasteiger partial charge in [0, 0.05) is 42.2 Å². The molecule has 2 rings (SSSR count). The number of rotatable bonds is 2. The van der Waals surface area contributed by atoms with Crippen molar-refractivity contribution in [3.8, 4) is 0 Å².